The fourth-order valence-electron chi connectivity index (χ4n) is 2.15. The smallest absolute Gasteiger partial charge is 0.0923 e. The molecule has 0 spiro atoms. The molecule has 98 valence electrons. The molecule has 0 saturated carbocycles. The van der Waals surface area contributed by atoms with Crippen molar-refractivity contribution in [1.29, 1.82) is 0 Å². The number of rotatable bonds is 3. The highest BCUT2D eigenvalue weighted by molar-refractivity contribution is 9.11. The van der Waals surface area contributed by atoms with Gasteiger partial charge in [0, 0.05) is 16.0 Å². The molecule has 3 rings (SSSR count). The Labute approximate surface area is 128 Å². The second-order valence-electron chi connectivity index (χ2n) is 4.58. The van der Waals surface area contributed by atoms with Crippen LogP contribution in [0.3, 0.4) is 0 Å². The van der Waals surface area contributed by atoms with Crippen LogP contribution in [0.15, 0.2) is 39.5 Å². The molecule has 3 aromatic rings. The van der Waals surface area contributed by atoms with E-state index in [0.717, 1.165) is 8.66 Å². The van der Waals surface area contributed by atoms with Crippen molar-refractivity contribution in [3.63, 3.8) is 0 Å². The Hall–Kier alpha value is -0.680. The SMILES string of the molecule is Cc1cc(C(O)Cc2csc3ccccc23)sc1Br. The van der Waals surface area contributed by atoms with Crippen LogP contribution < -0.4 is 0 Å². The highest BCUT2D eigenvalue weighted by Crippen LogP contribution is 2.35. The van der Waals surface area contributed by atoms with E-state index in [1.54, 1.807) is 22.7 Å². The summed E-state index contributed by atoms with van der Waals surface area (Å²) in [6.07, 6.45) is 0.254. The summed E-state index contributed by atoms with van der Waals surface area (Å²) in [4.78, 5) is 1.03. The minimum absolute atomic E-state index is 0.423. The number of aryl methyl sites for hydroxylation is 1. The largest absolute Gasteiger partial charge is 0.387 e. The summed E-state index contributed by atoms with van der Waals surface area (Å²) in [6.45, 7) is 2.05. The molecule has 0 aliphatic carbocycles. The Balaban J connectivity index is 1.88. The minimum atomic E-state index is -0.423. The van der Waals surface area contributed by atoms with Gasteiger partial charge in [0.05, 0.1) is 9.89 Å². The molecular formula is C15H13BrOS2. The molecule has 2 aromatic heterocycles. The predicted octanol–water partition coefficient (Wildman–Crippen LogP) is 5.31. The Morgan fingerprint density at radius 3 is 2.84 bits per heavy atom. The first-order valence-corrected chi connectivity index (χ1v) is 8.53. The van der Waals surface area contributed by atoms with Gasteiger partial charge in [0.25, 0.3) is 0 Å². The fourth-order valence-corrected chi connectivity index (χ4v) is 4.68. The Kier molecular flexibility index (Phi) is 3.76. The van der Waals surface area contributed by atoms with Crippen LogP contribution in [0.5, 0.6) is 0 Å². The van der Waals surface area contributed by atoms with Crippen LogP contribution in [0.25, 0.3) is 10.1 Å². The van der Waals surface area contributed by atoms with Crippen LogP contribution in [0.2, 0.25) is 0 Å². The fraction of sp³-hybridized carbons (Fsp3) is 0.200. The molecule has 0 amide bonds. The first-order valence-electron chi connectivity index (χ1n) is 6.04. The summed E-state index contributed by atoms with van der Waals surface area (Å²) < 4.78 is 2.39. The standard InChI is InChI=1S/C15H13BrOS2/c1-9-6-14(19-15(9)16)12(17)7-10-8-18-13-5-3-2-4-11(10)13/h2-6,8,12,17H,7H2,1H3. The van der Waals surface area contributed by atoms with Crippen molar-refractivity contribution in [2.45, 2.75) is 19.4 Å². The van der Waals surface area contributed by atoms with Gasteiger partial charge in [-0.05, 0) is 56.9 Å². The molecule has 0 radical (unpaired) electrons. The average Bonchev–Trinajstić information content (AvgIpc) is 2.95. The van der Waals surface area contributed by atoms with Crippen LogP contribution in [-0.2, 0) is 6.42 Å². The lowest BCUT2D eigenvalue weighted by Gasteiger charge is -2.07. The van der Waals surface area contributed by atoms with Crippen LogP contribution in [0.4, 0.5) is 0 Å². The number of fused-ring (bicyclic) bond motifs is 1. The van der Waals surface area contributed by atoms with Gasteiger partial charge in [0.15, 0.2) is 0 Å². The molecule has 1 nitrogen and oxygen atoms in total. The van der Waals surface area contributed by atoms with E-state index < -0.39 is 6.10 Å². The summed E-state index contributed by atoms with van der Waals surface area (Å²) in [6, 6.07) is 10.4. The van der Waals surface area contributed by atoms with Crippen molar-refractivity contribution in [2.24, 2.45) is 0 Å². The zero-order chi connectivity index (χ0) is 13.4. The molecule has 0 aliphatic rings. The number of halogens is 1. The topological polar surface area (TPSA) is 20.2 Å². The minimum Gasteiger partial charge on any atom is -0.387 e. The van der Waals surface area contributed by atoms with Crippen LogP contribution in [0.1, 0.15) is 22.1 Å². The molecule has 1 unspecified atom stereocenters. The lowest BCUT2D eigenvalue weighted by Crippen LogP contribution is -1.98. The molecular weight excluding hydrogens is 340 g/mol. The van der Waals surface area contributed by atoms with Crippen LogP contribution in [-0.4, -0.2) is 5.11 Å². The van der Waals surface area contributed by atoms with Crippen molar-refractivity contribution >= 4 is 48.7 Å². The molecule has 0 bridgehead atoms. The van der Waals surface area contributed by atoms with E-state index in [9.17, 15) is 5.11 Å². The highest BCUT2D eigenvalue weighted by Gasteiger charge is 2.15. The van der Waals surface area contributed by atoms with E-state index in [4.69, 9.17) is 0 Å². The maximum absolute atomic E-state index is 10.4. The van der Waals surface area contributed by atoms with Crippen molar-refractivity contribution in [2.75, 3.05) is 0 Å². The number of aliphatic hydroxyl groups excluding tert-OH is 1. The lowest BCUT2D eigenvalue weighted by atomic mass is 10.1. The van der Waals surface area contributed by atoms with E-state index in [1.807, 2.05) is 0 Å². The third kappa shape index (κ3) is 2.63. The maximum atomic E-state index is 10.4. The summed E-state index contributed by atoms with van der Waals surface area (Å²) in [5.41, 5.74) is 2.42. The summed E-state index contributed by atoms with van der Waals surface area (Å²) in [5.74, 6) is 0. The predicted molar refractivity (Wildman–Crippen MR) is 87.2 cm³/mol. The molecule has 19 heavy (non-hydrogen) atoms. The normalized spacial score (nSPS) is 13.0. The average molecular weight is 353 g/mol. The van der Waals surface area contributed by atoms with Gasteiger partial charge in [-0.2, -0.15) is 0 Å². The zero-order valence-corrected chi connectivity index (χ0v) is 13.6. The summed E-state index contributed by atoms with van der Waals surface area (Å²) in [7, 11) is 0. The van der Waals surface area contributed by atoms with E-state index in [1.165, 1.54) is 21.2 Å². The molecule has 1 aromatic carbocycles. The number of hydrogen-bond acceptors (Lipinski definition) is 3. The third-order valence-corrected chi connectivity index (χ3v) is 6.43. The summed E-state index contributed by atoms with van der Waals surface area (Å²) >= 11 is 6.87. The highest BCUT2D eigenvalue weighted by atomic mass is 79.9. The van der Waals surface area contributed by atoms with E-state index >= 15 is 0 Å². The second-order valence-corrected chi connectivity index (χ2v) is 7.90. The molecule has 0 saturated heterocycles. The van der Waals surface area contributed by atoms with Gasteiger partial charge in [-0.25, -0.2) is 0 Å². The van der Waals surface area contributed by atoms with Gasteiger partial charge < -0.3 is 5.11 Å². The van der Waals surface area contributed by atoms with Crippen molar-refractivity contribution in [1.82, 2.24) is 0 Å². The van der Waals surface area contributed by atoms with Crippen molar-refractivity contribution in [3.8, 4) is 0 Å². The van der Waals surface area contributed by atoms with E-state index in [-0.39, 0.29) is 0 Å². The monoisotopic (exact) mass is 352 g/mol. The number of aliphatic hydroxyl groups is 1. The van der Waals surface area contributed by atoms with Gasteiger partial charge in [0.1, 0.15) is 0 Å². The molecule has 1 atom stereocenters. The van der Waals surface area contributed by atoms with Gasteiger partial charge in [-0.1, -0.05) is 18.2 Å². The molecule has 1 N–H and O–H groups in total. The van der Waals surface area contributed by atoms with Crippen LogP contribution >= 0.6 is 38.6 Å². The van der Waals surface area contributed by atoms with E-state index in [2.05, 4.69) is 58.6 Å². The maximum Gasteiger partial charge on any atom is 0.0923 e. The quantitative estimate of drug-likeness (QED) is 0.677. The zero-order valence-electron chi connectivity index (χ0n) is 10.4. The number of hydrogen-bond donors (Lipinski definition) is 1. The van der Waals surface area contributed by atoms with Crippen molar-refractivity contribution in [3.05, 3.63) is 55.5 Å². The second kappa shape index (κ2) is 5.37. The van der Waals surface area contributed by atoms with Crippen molar-refractivity contribution < 1.29 is 5.11 Å². The molecule has 0 aliphatic heterocycles. The van der Waals surface area contributed by atoms with Gasteiger partial charge in [-0.3, -0.25) is 0 Å². The lowest BCUT2D eigenvalue weighted by molar-refractivity contribution is 0.183. The van der Waals surface area contributed by atoms with Gasteiger partial charge >= 0.3 is 0 Å². The van der Waals surface area contributed by atoms with Gasteiger partial charge in [0.2, 0.25) is 0 Å². The van der Waals surface area contributed by atoms with E-state index in [0.29, 0.717) is 6.42 Å². The summed E-state index contributed by atoms with van der Waals surface area (Å²) in [5, 5.41) is 13.8. The molecule has 2 heterocycles. The third-order valence-electron chi connectivity index (χ3n) is 3.18. The Bertz CT molecular complexity index is 694. The first kappa shape index (κ1) is 13.3. The Morgan fingerprint density at radius 1 is 1.32 bits per heavy atom. The van der Waals surface area contributed by atoms with Crippen LogP contribution in [0, 0.1) is 6.92 Å². The van der Waals surface area contributed by atoms with Gasteiger partial charge in [-0.15, -0.1) is 22.7 Å². The number of thiophene rings is 2. The first-order chi connectivity index (χ1) is 9.15. The number of benzene rings is 1. The molecule has 0 fully saturated rings. The molecule has 4 heteroatoms. The Morgan fingerprint density at radius 2 is 2.11 bits per heavy atom.